The SMILES string of the molecule is C=CSC(=CCC=O)c1cc(C(N)=O)c2[nH]cc(C3CCN(S(=O)(=O)CC)CC3)c2c1. The number of primary amides is 1. The minimum Gasteiger partial charge on any atom is -0.366 e. The molecule has 0 unspecified atom stereocenters. The Morgan fingerprint density at radius 1 is 1.35 bits per heavy atom. The number of sulfonamides is 1. The van der Waals surface area contributed by atoms with E-state index in [1.54, 1.807) is 28.8 Å². The van der Waals surface area contributed by atoms with Gasteiger partial charge in [0.1, 0.15) is 6.29 Å². The number of thioether (sulfide) groups is 1. The summed E-state index contributed by atoms with van der Waals surface area (Å²) in [5.74, 6) is -0.266. The van der Waals surface area contributed by atoms with Crippen LogP contribution in [0.4, 0.5) is 0 Å². The first-order valence-corrected chi connectivity index (χ1v) is 12.7. The number of carbonyl (C=O) groups excluding carboxylic acids is 2. The average molecular weight is 462 g/mol. The van der Waals surface area contributed by atoms with Crippen molar-refractivity contribution in [3.63, 3.8) is 0 Å². The first kappa shape index (κ1) is 23.3. The highest BCUT2D eigenvalue weighted by atomic mass is 32.2. The number of aromatic amines is 1. The Labute approximate surface area is 186 Å². The molecule has 0 saturated carbocycles. The predicted octanol–water partition coefficient (Wildman–Crippen LogP) is 3.60. The summed E-state index contributed by atoms with van der Waals surface area (Å²) in [5.41, 5.74) is 8.55. The Balaban J connectivity index is 2.03. The van der Waals surface area contributed by atoms with Crippen molar-refractivity contribution >= 4 is 49.8 Å². The summed E-state index contributed by atoms with van der Waals surface area (Å²) in [7, 11) is -3.19. The van der Waals surface area contributed by atoms with Gasteiger partial charge in [-0.2, -0.15) is 0 Å². The van der Waals surface area contributed by atoms with E-state index in [4.69, 9.17) is 5.73 Å². The van der Waals surface area contributed by atoms with Crippen LogP contribution in [0, 0.1) is 0 Å². The Morgan fingerprint density at radius 2 is 2.06 bits per heavy atom. The van der Waals surface area contributed by atoms with E-state index in [0.717, 1.165) is 27.7 Å². The van der Waals surface area contributed by atoms with E-state index in [1.165, 1.54) is 11.8 Å². The number of rotatable bonds is 9. The molecular formula is C22H27N3O4S2. The first-order valence-electron chi connectivity index (χ1n) is 10.2. The third-order valence-electron chi connectivity index (χ3n) is 5.63. The summed E-state index contributed by atoms with van der Waals surface area (Å²) >= 11 is 1.38. The van der Waals surface area contributed by atoms with Gasteiger partial charge in [-0.25, -0.2) is 12.7 Å². The van der Waals surface area contributed by atoms with Gasteiger partial charge >= 0.3 is 0 Å². The van der Waals surface area contributed by atoms with Crippen molar-refractivity contribution < 1.29 is 18.0 Å². The summed E-state index contributed by atoms with van der Waals surface area (Å²) in [6.07, 6.45) is 6.17. The summed E-state index contributed by atoms with van der Waals surface area (Å²) in [4.78, 5) is 27.0. The molecular weight excluding hydrogens is 434 g/mol. The van der Waals surface area contributed by atoms with Crippen LogP contribution in [0.25, 0.3) is 15.8 Å². The molecule has 3 N–H and O–H groups in total. The number of amides is 1. The minimum atomic E-state index is -3.19. The lowest BCUT2D eigenvalue weighted by atomic mass is 9.89. The number of benzene rings is 1. The second-order valence-corrected chi connectivity index (χ2v) is 10.7. The molecule has 0 aliphatic carbocycles. The molecule has 1 saturated heterocycles. The van der Waals surface area contributed by atoms with Crippen molar-refractivity contribution in [3.05, 3.63) is 53.1 Å². The standard InChI is InChI=1S/C22H27N3O4S2/c1-3-30-20(6-5-11-26)16-12-17-19(14-24-21(17)18(13-16)22(23)27)15-7-9-25(10-8-15)31(28,29)4-2/h3,6,11-15,24H,1,4-5,7-10H2,2H3,(H2,23,27). The summed E-state index contributed by atoms with van der Waals surface area (Å²) < 4.78 is 25.9. The Bertz CT molecular complexity index is 1130. The van der Waals surface area contributed by atoms with Crippen LogP contribution in [0.1, 0.15) is 53.6 Å². The number of aromatic nitrogens is 1. The van der Waals surface area contributed by atoms with Crippen molar-refractivity contribution in [2.45, 2.75) is 32.1 Å². The molecule has 0 radical (unpaired) electrons. The molecule has 0 spiro atoms. The lowest BCUT2D eigenvalue weighted by molar-refractivity contribution is -0.107. The third-order valence-corrected chi connectivity index (χ3v) is 8.34. The number of nitrogens with one attached hydrogen (secondary N) is 1. The van der Waals surface area contributed by atoms with E-state index < -0.39 is 15.9 Å². The molecule has 1 fully saturated rings. The van der Waals surface area contributed by atoms with E-state index in [-0.39, 0.29) is 18.1 Å². The number of nitrogens with two attached hydrogens (primary N) is 1. The number of H-pyrrole nitrogens is 1. The number of aldehydes is 1. The summed E-state index contributed by atoms with van der Waals surface area (Å²) in [6.45, 7) is 6.37. The predicted molar refractivity (Wildman–Crippen MR) is 126 cm³/mol. The third kappa shape index (κ3) is 4.94. The monoisotopic (exact) mass is 461 g/mol. The van der Waals surface area contributed by atoms with Crippen LogP contribution < -0.4 is 5.73 Å². The molecule has 1 amide bonds. The number of fused-ring (bicyclic) bond motifs is 1. The van der Waals surface area contributed by atoms with Gasteiger partial charge < -0.3 is 15.5 Å². The van der Waals surface area contributed by atoms with Crippen LogP contribution in [-0.2, 0) is 14.8 Å². The summed E-state index contributed by atoms with van der Waals surface area (Å²) in [6, 6.07) is 3.73. The van der Waals surface area contributed by atoms with E-state index in [0.29, 0.717) is 37.0 Å². The highest BCUT2D eigenvalue weighted by Crippen LogP contribution is 2.38. The minimum absolute atomic E-state index is 0.104. The Hall–Kier alpha value is -2.36. The summed E-state index contributed by atoms with van der Waals surface area (Å²) in [5, 5.41) is 2.57. The number of hydrogen-bond acceptors (Lipinski definition) is 5. The van der Waals surface area contributed by atoms with Crippen LogP contribution in [-0.4, -0.2) is 48.7 Å². The molecule has 0 bridgehead atoms. The fraction of sp³-hybridized carbons (Fsp3) is 0.364. The van der Waals surface area contributed by atoms with Crippen LogP contribution in [0.15, 0.2) is 36.4 Å². The van der Waals surface area contributed by atoms with Crippen LogP contribution in [0.3, 0.4) is 0 Å². The smallest absolute Gasteiger partial charge is 0.250 e. The Morgan fingerprint density at radius 3 is 2.65 bits per heavy atom. The second kappa shape index (κ2) is 9.84. The number of nitrogens with zero attached hydrogens (tertiary/aromatic N) is 1. The van der Waals surface area contributed by atoms with Gasteiger partial charge in [0.25, 0.3) is 5.91 Å². The van der Waals surface area contributed by atoms with Gasteiger partial charge in [0.15, 0.2) is 0 Å². The van der Waals surface area contributed by atoms with E-state index in [2.05, 4.69) is 11.6 Å². The molecule has 166 valence electrons. The molecule has 3 rings (SSSR count). The zero-order valence-electron chi connectivity index (χ0n) is 17.5. The highest BCUT2D eigenvalue weighted by molar-refractivity contribution is 8.10. The maximum atomic E-state index is 12.2. The molecule has 9 heteroatoms. The van der Waals surface area contributed by atoms with E-state index >= 15 is 0 Å². The van der Waals surface area contributed by atoms with Gasteiger partial charge in [-0.3, -0.25) is 4.79 Å². The highest BCUT2D eigenvalue weighted by Gasteiger charge is 2.29. The zero-order chi connectivity index (χ0) is 22.6. The van der Waals surface area contributed by atoms with Crippen molar-refractivity contribution in [1.29, 1.82) is 0 Å². The fourth-order valence-corrected chi connectivity index (χ4v) is 5.79. The van der Waals surface area contributed by atoms with Crippen molar-refractivity contribution in [1.82, 2.24) is 9.29 Å². The average Bonchev–Trinajstić information content (AvgIpc) is 3.19. The fourth-order valence-electron chi connectivity index (χ4n) is 4.03. The molecule has 2 heterocycles. The van der Waals surface area contributed by atoms with Gasteiger partial charge in [-0.1, -0.05) is 24.4 Å². The van der Waals surface area contributed by atoms with Crippen molar-refractivity contribution in [2.75, 3.05) is 18.8 Å². The molecule has 31 heavy (non-hydrogen) atoms. The molecule has 1 aromatic carbocycles. The number of carbonyl (C=O) groups is 2. The van der Waals surface area contributed by atoms with E-state index in [1.807, 2.05) is 12.3 Å². The number of hydrogen-bond donors (Lipinski definition) is 2. The molecule has 1 aliphatic heterocycles. The van der Waals surface area contributed by atoms with Gasteiger partial charge in [0, 0.05) is 36.0 Å². The van der Waals surface area contributed by atoms with Crippen molar-refractivity contribution in [2.24, 2.45) is 5.73 Å². The molecule has 7 nitrogen and oxygen atoms in total. The lowest BCUT2D eigenvalue weighted by Gasteiger charge is -2.31. The molecule has 1 aliphatic rings. The first-order chi connectivity index (χ1) is 14.8. The van der Waals surface area contributed by atoms with Crippen LogP contribution >= 0.6 is 11.8 Å². The van der Waals surface area contributed by atoms with Gasteiger partial charge in [-0.15, -0.1) is 0 Å². The lowest BCUT2D eigenvalue weighted by Crippen LogP contribution is -2.38. The molecule has 2 aromatic rings. The topological polar surface area (TPSA) is 113 Å². The van der Waals surface area contributed by atoms with Gasteiger partial charge in [0.2, 0.25) is 10.0 Å². The normalized spacial score (nSPS) is 16.5. The van der Waals surface area contributed by atoms with Gasteiger partial charge in [-0.05, 0) is 54.4 Å². The zero-order valence-corrected chi connectivity index (χ0v) is 19.1. The quantitative estimate of drug-likeness (QED) is 0.554. The maximum Gasteiger partial charge on any atom is 0.250 e. The number of piperidine rings is 1. The van der Waals surface area contributed by atoms with Gasteiger partial charge in [0.05, 0.1) is 16.8 Å². The van der Waals surface area contributed by atoms with Crippen molar-refractivity contribution in [3.8, 4) is 0 Å². The second-order valence-electron chi connectivity index (χ2n) is 7.38. The Kier molecular flexibility index (Phi) is 7.40. The molecule has 1 aromatic heterocycles. The van der Waals surface area contributed by atoms with E-state index in [9.17, 15) is 18.0 Å². The largest absolute Gasteiger partial charge is 0.366 e. The molecule has 0 atom stereocenters. The van der Waals surface area contributed by atoms with Crippen LogP contribution in [0.2, 0.25) is 0 Å². The maximum absolute atomic E-state index is 12.2. The van der Waals surface area contributed by atoms with Crippen LogP contribution in [0.5, 0.6) is 0 Å². The number of allylic oxidation sites excluding steroid dienone is 1.